The molecule has 2 N–H and O–H groups in total. The Labute approximate surface area is 123 Å². The van der Waals surface area contributed by atoms with Crippen molar-refractivity contribution in [2.24, 2.45) is 0 Å². The molecule has 4 nitrogen and oxygen atoms in total. The molecular formula is C15H19N3OS. The van der Waals surface area contributed by atoms with Crippen LogP contribution >= 0.6 is 11.3 Å². The van der Waals surface area contributed by atoms with E-state index in [0.717, 1.165) is 11.3 Å². The highest BCUT2D eigenvalue weighted by Gasteiger charge is 2.10. The number of carbonyl (C=O) groups excluding carboxylic acids is 1. The van der Waals surface area contributed by atoms with E-state index in [1.165, 1.54) is 28.0 Å². The zero-order valence-corrected chi connectivity index (χ0v) is 13.0. The van der Waals surface area contributed by atoms with Gasteiger partial charge in [0.1, 0.15) is 0 Å². The lowest BCUT2D eigenvalue weighted by atomic mass is 9.99. The predicted octanol–water partition coefficient (Wildman–Crippen LogP) is 2.89. The summed E-state index contributed by atoms with van der Waals surface area (Å²) in [4.78, 5) is 16.0. The first-order valence-electron chi connectivity index (χ1n) is 6.49. The third kappa shape index (κ3) is 3.23. The molecule has 0 aliphatic rings. The van der Waals surface area contributed by atoms with Gasteiger partial charge >= 0.3 is 0 Å². The van der Waals surface area contributed by atoms with Gasteiger partial charge in [-0.2, -0.15) is 0 Å². The molecule has 2 aromatic rings. The average molecular weight is 289 g/mol. The van der Waals surface area contributed by atoms with Crippen LogP contribution in [0.3, 0.4) is 0 Å². The summed E-state index contributed by atoms with van der Waals surface area (Å²) in [6.45, 7) is 6.58. The number of thiazole rings is 1. The number of anilines is 1. The predicted molar refractivity (Wildman–Crippen MR) is 84.3 cm³/mol. The monoisotopic (exact) mass is 289 g/mol. The lowest BCUT2D eigenvalue weighted by molar-refractivity contribution is -0.115. The van der Waals surface area contributed by atoms with Crippen LogP contribution in [-0.2, 0) is 4.79 Å². The van der Waals surface area contributed by atoms with E-state index >= 15 is 0 Å². The molecule has 1 heterocycles. The van der Waals surface area contributed by atoms with Crippen molar-refractivity contribution >= 4 is 22.4 Å². The highest BCUT2D eigenvalue weighted by molar-refractivity contribution is 7.14. The molecule has 0 spiro atoms. The summed E-state index contributed by atoms with van der Waals surface area (Å²) in [6, 6.07) is 4.32. The van der Waals surface area contributed by atoms with Gasteiger partial charge in [-0.15, -0.1) is 11.3 Å². The fourth-order valence-electron chi connectivity index (χ4n) is 2.02. The summed E-state index contributed by atoms with van der Waals surface area (Å²) in [5.74, 6) is -0.0785. The summed E-state index contributed by atoms with van der Waals surface area (Å²) in [6.07, 6.45) is 0. The second kappa shape index (κ2) is 6.15. The first-order valence-corrected chi connectivity index (χ1v) is 7.37. The van der Waals surface area contributed by atoms with E-state index < -0.39 is 0 Å². The molecular weight excluding hydrogens is 270 g/mol. The van der Waals surface area contributed by atoms with Crippen molar-refractivity contribution < 1.29 is 4.79 Å². The van der Waals surface area contributed by atoms with Gasteiger partial charge in [-0.25, -0.2) is 4.98 Å². The quantitative estimate of drug-likeness (QED) is 0.910. The Bertz CT molecular complexity index is 634. The summed E-state index contributed by atoms with van der Waals surface area (Å²) < 4.78 is 0. The second-order valence-electron chi connectivity index (χ2n) is 4.87. The van der Waals surface area contributed by atoms with Gasteiger partial charge in [0, 0.05) is 10.9 Å². The van der Waals surface area contributed by atoms with Gasteiger partial charge in [0.2, 0.25) is 5.91 Å². The van der Waals surface area contributed by atoms with E-state index in [0.29, 0.717) is 5.13 Å². The van der Waals surface area contributed by atoms with Crippen LogP contribution in [0.25, 0.3) is 11.3 Å². The number of carbonyl (C=O) groups is 1. The number of amides is 1. The number of likely N-dealkylation sites (N-methyl/N-ethyl adjacent to an activating group) is 1. The highest BCUT2D eigenvalue weighted by atomic mass is 32.1. The van der Waals surface area contributed by atoms with E-state index in [2.05, 4.69) is 48.5 Å². The molecule has 20 heavy (non-hydrogen) atoms. The van der Waals surface area contributed by atoms with Crippen LogP contribution in [0.5, 0.6) is 0 Å². The molecule has 0 fully saturated rings. The molecule has 1 aromatic carbocycles. The van der Waals surface area contributed by atoms with Gasteiger partial charge in [-0.3, -0.25) is 4.79 Å². The molecule has 0 bridgehead atoms. The maximum Gasteiger partial charge on any atom is 0.240 e. The zero-order valence-electron chi connectivity index (χ0n) is 12.2. The minimum atomic E-state index is -0.0785. The molecule has 0 aliphatic heterocycles. The lowest BCUT2D eigenvalue weighted by Crippen LogP contribution is -2.24. The lowest BCUT2D eigenvalue weighted by Gasteiger charge is -2.07. The van der Waals surface area contributed by atoms with Crippen molar-refractivity contribution in [3.05, 3.63) is 34.2 Å². The Morgan fingerprint density at radius 3 is 2.60 bits per heavy atom. The number of nitrogens with zero attached hydrogens (tertiary/aromatic N) is 1. The van der Waals surface area contributed by atoms with Crippen LogP contribution in [0.2, 0.25) is 0 Å². The van der Waals surface area contributed by atoms with Gasteiger partial charge in [-0.05, 0) is 50.6 Å². The third-order valence-electron chi connectivity index (χ3n) is 3.20. The highest BCUT2D eigenvalue weighted by Crippen LogP contribution is 2.29. The summed E-state index contributed by atoms with van der Waals surface area (Å²) in [5.41, 5.74) is 5.77. The van der Waals surface area contributed by atoms with E-state index in [-0.39, 0.29) is 12.5 Å². The molecule has 2 rings (SSSR count). The Balaban J connectivity index is 2.25. The van der Waals surface area contributed by atoms with Crippen LogP contribution in [0.1, 0.15) is 16.7 Å². The number of aromatic nitrogens is 1. The van der Waals surface area contributed by atoms with Crippen molar-refractivity contribution in [3.8, 4) is 11.3 Å². The largest absolute Gasteiger partial charge is 0.311 e. The number of benzene rings is 1. The minimum Gasteiger partial charge on any atom is -0.311 e. The van der Waals surface area contributed by atoms with Crippen molar-refractivity contribution in [1.29, 1.82) is 0 Å². The molecule has 0 saturated heterocycles. The summed E-state index contributed by atoms with van der Waals surface area (Å²) >= 11 is 1.45. The number of nitrogens with one attached hydrogen (secondary N) is 2. The summed E-state index contributed by atoms with van der Waals surface area (Å²) in [7, 11) is 1.74. The van der Waals surface area contributed by atoms with Crippen LogP contribution in [-0.4, -0.2) is 24.5 Å². The van der Waals surface area contributed by atoms with Crippen molar-refractivity contribution in [1.82, 2.24) is 10.3 Å². The molecule has 0 saturated carbocycles. The van der Waals surface area contributed by atoms with Crippen molar-refractivity contribution in [3.63, 3.8) is 0 Å². The topological polar surface area (TPSA) is 54.0 Å². The second-order valence-corrected chi connectivity index (χ2v) is 5.73. The van der Waals surface area contributed by atoms with Gasteiger partial charge in [0.15, 0.2) is 5.13 Å². The standard InChI is InChI=1S/C15H19N3OS/c1-9-5-11(3)12(6-10(9)2)13-8-20-15(17-13)18-14(19)7-16-4/h5-6,8,16H,7H2,1-4H3,(H,17,18,19). The van der Waals surface area contributed by atoms with Gasteiger partial charge in [0.25, 0.3) is 0 Å². The first-order chi connectivity index (χ1) is 9.51. The fourth-order valence-corrected chi connectivity index (χ4v) is 2.74. The average Bonchev–Trinajstić information content (AvgIpc) is 2.82. The van der Waals surface area contributed by atoms with E-state index in [1.54, 1.807) is 7.05 Å². The Kier molecular flexibility index (Phi) is 4.52. The number of rotatable bonds is 4. The van der Waals surface area contributed by atoms with Crippen molar-refractivity contribution in [2.45, 2.75) is 20.8 Å². The van der Waals surface area contributed by atoms with E-state index in [9.17, 15) is 4.79 Å². The Hall–Kier alpha value is -1.72. The van der Waals surface area contributed by atoms with Gasteiger partial charge in [0.05, 0.1) is 12.2 Å². The van der Waals surface area contributed by atoms with Crippen LogP contribution in [0.15, 0.2) is 17.5 Å². The van der Waals surface area contributed by atoms with Gasteiger partial charge in [-0.1, -0.05) is 6.07 Å². The smallest absolute Gasteiger partial charge is 0.240 e. The Morgan fingerprint density at radius 2 is 1.90 bits per heavy atom. The van der Waals surface area contributed by atoms with Crippen LogP contribution < -0.4 is 10.6 Å². The molecule has 106 valence electrons. The molecule has 5 heteroatoms. The van der Waals surface area contributed by atoms with Gasteiger partial charge < -0.3 is 10.6 Å². The maximum absolute atomic E-state index is 11.5. The number of hydrogen-bond acceptors (Lipinski definition) is 4. The molecule has 1 aromatic heterocycles. The normalized spacial score (nSPS) is 10.6. The third-order valence-corrected chi connectivity index (χ3v) is 3.96. The zero-order chi connectivity index (χ0) is 14.7. The van der Waals surface area contributed by atoms with E-state index in [1.807, 2.05) is 5.38 Å². The van der Waals surface area contributed by atoms with Crippen LogP contribution in [0, 0.1) is 20.8 Å². The van der Waals surface area contributed by atoms with Crippen molar-refractivity contribution in [2.75, 3.05) is 18.9 Å². The molecule has 1 amide bonds. The minimum absolute atomic E-state index is 0.0785. The maximum atomic E-state index is 11.5. The van der Waals surface area contributed by atoms with E-state index in [4.69, 9.17) is 0 Å². The molecule has 0 aliphatic carbocycles. The number of aryl methyl sites for hydroxylation is 3. The fraction of sp³-hybridized carbons (Fsp3) is 0.333. The molecule has 0 unspecified atom stereocenters. The first kappa shape index (κ1) is 14.7. The summed E-state index contributed by atoms with van der Waals surface area (Å²) in [5, 5.41) is 8.21. The molecule has 0 atom stereocenters. The Morgan fingerprint density at radius 1 is 1.20 bits per heavy atom. The van der Waals surface area contributed by atoms with Crippen LogP contribution in [0.4, 0.5) is 5.13 Å². The molecule has 0 radical (unpaired) electrons. The number of hydrogen-bond donors (Lipinski definition) is 2. The SMILES string of the molecule is CNCC(=O)Nc1nc(-c2cc(C)c(C)cc2C)cs1.